The molecule has 0 bridgehead atoms. The first kappa shape index (κ1) is 15.5. The van der Waals surface area contributed by atoms with Gasteiger partial charge in [-0.05, 0) is 24.8 Å². The Balaban J connectivity index is 1.56. The van der Waals surface area contributed by atoms with Crippen molar-refractivity contribution in [2.75, 3.05) is 18.8 Å². The highest BCUT2D eigenvalue weighted by molar-refractivity contribution is 7.89. The van der Waals surface area contributed by atoms with Gasteiger partial charge in [-0.3, -0.25) is 5.10 Å². The van der Waals surface area contributed by atoms with Crippen LogP contribution in [0, 0.1) is 5.92 Å². The lowest BCUT2D eigenvalue weighted by Crippen LogP contribution is -2.50. The van der Waals surface area contributed by atoms with E-state index >= 15 is 0 Å². The molecule has 2 heterocycles. The molecule has 1 saturated heterocycles. The third-order valence-electron chi connectivity index (χ3n) is 4.67. The molecule has 1 saturated carbocycles. The summed E-state index contributed by atoms with van der Waals surface area (Å²) in [5.41, 5.74) is 0.667. The highest BCUT2D eigenvalue weighted by atomic mass is 32.2. The van der Waals surface area contributed by atoms with Gasteiger partial charge in [0.05, 0.1) is 5.75 Å². The minimum atomic E-state index is -3.19. The normalized spacial score (nSPS) is 21.6. The molecule has 3 rings (SSSR count). The van der Waals surface area contributed by atoms with Gasteiger partial charge in [-0.1, -0.05) is 19.3 Å². The van der Waals surface area contributed by atoms with Gasteiger partial charge in [-0.25, -0.2) is 17.5 Å². The van der Waals surface area contributed by atoms with Crippen molar-refractivity contribution in [2.24, 2.45) is 5.92 Å². The SMILES string of the molecule is O=C(O)c1cc(C2CN(S(=O)(=O)CC3CCCCC3)C2)[nH]n1. The average molecular weight is 327 g/mol. The number of sulfonamides is 1. The molecule has 1 aliphatic carbocycles. The van der Waals surface area contributed by atoms with E-state index in [0.29, 0.717) is 24.7 Å². The van der Waals surface area contributed by atoms with Crippen LogP contribution >= 0.6 is 0 Å². The van der Waals surface area contributed by atoms with Gasteiger partial charge < -0.3 is 5.11 Å². The second-order valence-electron chi connectivity index (χ2n) is 6.31. The Bertz CT molecular complexity index is 643. The van der Waals surface area contributed by atoms with Gasteiger partial charge in [0.15, 0.2) is 5.69 Å². The van der Waals surface area contributed by atoms with Crippen molar-refractivity contribution in [3.8, 4) is 0 Å². The maximum Gasteiger partial charge on any atom is 0.356 e. The van der Waals surface area contributed by atoms with Crippen LogP contribution in [0.2, 0.25) is 0 Å². The Morgan fingerprint density at radius 2 is 2.00 bits per heavy atom. The Kier molecular flexibility index (Phi) is 4.22. The second kappa shape index (κ2) is 6.00. The quantitative estimate of drug-likeness (QED) is 0.851. The van der Waals surface area contributed by atoms with E-state index in [1.165, 1.54) is 16.8 Å². The number of aromatic carboxylic acids is 1. The molecular formula is C14H21N3O4S. The average Bonchev–Trinajstić information content (AvgIpc) is 2.86. The van der Waals surface area contributed by atoms with Crippen molar-refractivity contribution >= 4 is 16.0 Å². The zero-order valence-electron chi connectivity index (χ0n) is 12.4. The molecule has 0 radical (unpaired) electrons. The Hall–Kier alpha value is -1.41. The van der Waals surface area contributed by atoms with Crippen LogP contribution in [0.3, 0.4) is 0 Å². The highest BCUT2D eigenvalue weighted by Crippen LogP contribution is 2.31. The van der Waals surface area contributed by atoms with Crippen LogP contribution in [0.15, 0.2) is 6.07 Å². The largest absolute Gasteiger partial charge is 0.476 e. The first-order chi connectivity index (χ1) is 10.5. The molecule has 7 nitrogen and oxygen atoms in total. The zero-order chi connectivity index (χ0) is 15.7. The van der Waals surface area contributed by atoms with E-state index in [4.69, 9.17) is 5.11 Å². The van der Waals surface area contributed by atoms with Crippen LogP contribution < -0.4 is 0 Å². The Morgan fingerprint density at radius 3 is 2.59 bits per heavy atom. The van der Waals surface area contributed by atoms with Gasteiger partial charge >= 0.3 is 5.97 Å². The number of aromatic amines is 1. The fourth-order valence-corrected chi connectivity index (χ4v) is 5.23. The fourth-order valence-electron chi connectivity index (χ4n) is 3.27. The molecule has 0 aromatic carbocycles. The van der Waals surface area contributed by atoms with Crippen LogP contribution in [0.25, 0.3) is 0 Å². The molecule has 1 aromatic heterocycles. The summed E-state index contributed by atoms with van der Waals surface area (Å²) in [6, 6.07) is 1.48. The topological polar surface area (TPSA) is 103 Å². The predicted molar refractivity (Wildman–Crippen MR) is 80.2 cm³/mol. The van der Waals surface area contributed by atoms with Gasteiger partial charge in [0, 0.05) is 24.7 Å². The van der Waals surface area contributed by atoms with E-state index in [9.17, 15) is 13.2 Å². The van der Waals surface area contributed by atoms with Gasteiger partial charge in [0.25, 0.3) is 0 Å². The summed E-state index contributed by atoms with van der Waals surface area (Å²) < 4.78 is 26.3. The van der Waals surface area contributed by atoms with E-state index in [1.807, 2.05) is 0 Å². The molecule has 1 aromatic rings. The standard InChI is InChI=1S/C14H21N3O4S/c18-14(19)13-6-12(15-16-13)11-7-17(8-11)22(20,21)9-10-4-2-1-3-5-10/h6,10-11H,1-5,7-9H2,(H,15,16)(H,18,19). The van der Waals surface area contributed by atoms with Crippen molar-refractivity contribution in [1.29, 1.82) is 0 Å². The molecule has 0 spiro atoms. The first-order valence-electron chi connectivity index (χ1n) is 7.72. The van der Waals surface area contributed by atoms with Gasteiger partial charge in [0.2, 0.25) is 10.0 Å². The van der Waals surface area contributed by atoms with Gasteiger partial charge in [0.1, 0.15) is 0 Å². The van der Waals surface area contributed by atoms with E-state index in [2.05, 4.69) is 10.2 Å². The molecule has 122 valence electrons. The molecule has 1 aliphatic heterocycles. The smallest absolute Gasteiger partial charge is 0.356 e. The van der Waals surface area contributed by atoms with Crippen LogP contribution in [0.1, 0.15) is 54.2 Å². The maximum atomic E-state index is 12.4. The van der Waals surface area contributed by atoms with Crippen LogP contribution in [0.4, 0.5) is 0 Å². The molecule has 0 atom stereocenters. The van der Waals surface area contributed by atoms with Crippen molar-refractivity contribution in [3.63, 3.8) is 0 Å². The second-order valence-corrected chi connectivity index (χ2v) is 8.32. The van der Waals surface area contributed by atoms with Crippen LogP contribution in [-0.4, -0.2) is 52.8 Å². The Morgan fingerprint density at radius 1 is 1.32 bits per heavy atom. The minimum absolute atomic E-state index is 0.0155. The van der Waals surface area contributed by atoms with Crippen LogP contribution in [-0.2, 0) is 10.0 Å². The fraction of sp³-hybridized carbons (Fsp3) is 0.714. The molecule has 2 N–H and O–H groups in total. The summed E-state index contributed by atoms with van der Waals surface area (Å²) in [5.74, 6) is -0.516. The Labute approximate surface area is 129 Å². The number of hydrogen-bond donors (Lipinski definition) is 2. The third kappa shape index (κ3) is 3.17. The summed E-state index contributed by atoms with van der Waals surface area (Å²) in [6.07, 6.45) is 5.51. The molecular weight excluding hydrogens is 306 g/mol. The van der Waals surface area contributed by atoms with Gasteiger partial charge in [-0.15, -0.1) is 0 Å². The zero-order valence-corrected chi connectivity index (χ0v) is 13.2. The molecule has 22 heavy (non-hydrogen) atoms. The predicted octanol–water partition coefficient (Wildman–Crippen LogP) is 1.42. The van der Waals surface area contributed by atoms with Crippen molar-refractivity contribution in [2.45, 2.75) is 38.0 Å². The number of carbonyl (C=O) groups is 1. The summed E-state index contributed by atoms with van der Waals surface area (Å²) in [6.45, 7) is 0.826. The lowest BCUT2D eigenvalue weighted by molar-refractivity contribution is 0.0690. The van der Waals surface area contributed by atoms with E-state index in [1.54, 1.807) is 0 Å². The van der Waals surface area contributed by atoms with Crippen molar-refractivity contribution in [3.05, 3.63) is 17.5 Å². The molecule has 8 heteroatoms. The number of aromatic nitrogens is 2. The number of nitrogens with one attached hydrogen (secondary N) is 1. The summed E-state index contributed by atoms with van der Waals surface area (Å²) in [5, 5.41) is 15.2. The number of carboxylic acids is 1. The highest BCUT2D eigenvalue weighted by Gasteiger charge is 2.38. The monoisotopic (exact) mass is 327 g/mol. The maximum absolute atomic E-state index is 12.4. The van der Waals surface area contributed by atoms with E-state index < -0.39 is 16.0 Å². The lowest BCUT2D eigenvalue weighted by atomic mass is 9.91. The summed E-state index contributed by atoms with van der Waals surface area (Å²) >= 11 is 0. The number of nitrogens with zero attached hydrogens (tertiary/aromatic N) is 2. The third-order valence-corrected chi connectivity index (χ3v) is 6.65. The number of rotatable bonds is 5. The lowest BCUT2D eigenvalue weighted by Gasteiger charge is -2.38. The molecule has 0 unspecified atom stereocenters. The number of carboxylic acid groups (broad SMARTS) is 1. The molecule has 0 amide bonds. The van der Waals surface area contributed by atoms with Crippen LogP contribution in [0.5, 0.6) is 0 Å². The number of H-pyrrole nitrogens is 1. The van der Waals surface area contributed by atoms with Crippen molar-refractivity contribution < 1.29 is 18.3 Å². The number of hydrogen-bond acceptors (Lipinski definition) is 4. The van der Waals surface area contributed by atoms with Gasteiger partial charge in [-0.2, -0.15) is 5.10 Å². The first-order valence-corrected chi connectivity index (χ1v) is 9.33. The molecule has 2 fully saturated rings. The van der Waals surface area contributed by atoms with E-state index in [0.717, 1.165) is 25.7 Å². The molecule has 2 aliphatic rings. The van der Waals surface area contributed by atoms with E-state index in [-0.39, 0.29) is 17.4 Å². The minimum Gasteiger partial charge on any atom is -0.476 e. The van der Waals surface area contributed by atoms with Crippen molar-refractivity contribution in [1.82, 2.24) is 14.5 Å². The summed E-state index contributed by atoms with van der Waals surface area (Å²) in [7, 11) is -3.19. The summed E-state index contributed by atoms with van der Waals surface area (Å²) in [4.78, 5) is 10.8.